The smallest absolute Gasteiger partial charge is 0.303 e. The molecule has 1 amide bonds. The monoisotopic (exact) mass is 307 g/mol. The van der Waals surface area contributed by atoms with E-state index in [9.17, 15) is 9.59 Å². The molecule has 0 aliphatic carbocycles. The number of aliphatic carboxylic acids is 1. The summed E-state index contributed by atoms with van der Waals surface area (Å²) in [6, 6.07) is 7.50. The lowest BCUT2D eigenvalue weighted by Gasteiger charge is -2.26. The van der Waals surface area contributed by atoms with Crippen LogP contribution in [-0.4, -0.2) is 30.6 Å². The predicted octanol–water partition coefficient (Wildman–Crippen LogP) is 2.73. The van der Waals surface area contributed by atoms with Gasteiger partial charge in [-0.1, -0.05) is 24.6 Å². The summed E-state index contributed by atoms with van der Waals surface area (Å²) < 4.78 is 5.33. The lowest BCUT2D eigenvalue weighted by Crippen LogP contribution is -2.40. The molecule has 0 aliphatic rings. The number of carbonyl (C=O) groups is 2. The fourth-order valence-corrected chi connectivity index (χ4v) is 2.28. The molecule has 0 heterocycles. The number of benzene rings is 1. The molecule has 0 aliphatic heterocycles. The number of hydrogen-bond acceptors (Lipinski definition) is 3. The second-order valence-electron chi connectivity index (χ2n) is 5.79. The van der Waals surface area contributed by atoms with E-state index in [-0.39, 0.29) is 12.3 Å². The Morgan fingerprint density at radius 1 is 1.18 bits per heavy atom. The van der Waals surface area contributed by atoms with Gasteiger partial charge >= 0.3 is 5.97 Å². The first-order valence-electron chi connectivity index (χ1n) is 7.53. The number of carboxylic acid groups (broad SMARTS) is 1. The van der Waals surface area contributed by atoms with Crippen molar-refractivity contribution in [1.29, 1.82) is 0 Å². The van der Waals surface area contributed by atoms with Gasteiger partial charge in [0.25, 0.3) is 0 Å². The summed E-state index contributed by atoms with van der Waals surface area (Å²) in [4.78, 5) is 22.8. The number of amides is 1. The van der Waals surface area contributed by atoms with Crippen molar-refractivity contribution in [1.82, 2.24) is 5.32 Å². The van der Waals surface area contributed by atoms with Crippen molar-refractivity contribution in [3.05, 3.63) is 29.8 Å². The van der Waals surface area contributed by atoms with Crippen LogP contribution >= 0.6 is 0 Å². The number of nitrogens with one attached hydrogen (secondary N) is 1. The number of ether oxygens (including phenoxy) is 1. The SMILES string of the molecule is COc1ccccc1C(C)(C)C(=O)NCCCCCC(=O)O. The molecule has 1 aromatic carbocycles. The molecule has 0 spiro atoms. The number of unbranched alkanes of at least 4 members (excludes halogenated alkanes) is 2. The molecule has 5 nitrogen and oxygen atoms in total. The van der Waals surface area contributed by atoms with Crippen molar-refractivity contribution < 1.29 is 19.4 Å². The number of hydrogen-bond donors (Lipinski definition) is 2. The summed E-state index contributed by atoms with van der Waals surface area (Å²) in [5, 5.41) is 11.5. The average molecular weight is 307 g/mol. The molecule has 0 fully saturated rings. The Morgan fingerprint density at radius 3 is 2.50 bits per heavy atom. The molecule has 1 rings (SSSR count). The first-order valence-corrected chi connectivity index (χ1v) is 7.53. The van der Waals surface area contributed by atoms with Crippen LogP contribution in [0, 0.1) is 0 Å². The van der Waals surface area contributed by atoms with Crippen molar-refractivity contribution in [2.75, 3.05) is 13.7 Å². The third kappa shape index (κ3) is 5.06. The van der Waals surface area contributed by atoms with Crippen molar-refractivity contribution in [2.45, 2.75) is 44.9 Å². The highest BCUT2D eigenvalue weighted by molar-refractivity contribution is 5.88. The summed E-state index contributed by atoms with van der Waals surface area (Å²) >= 11 is 0. The second kappa shape index (κ2) is 8.41. The summed E-state index contributed by atoms with van der Waals surface area (Å²) in [6.45, 7) is 4.28. The maximum Gasteiger partial charge on any atom is 0.303 e. The molecule has 1 aromatic rings. The van der Waals surface area contributed by atoms with Crippen LogP contribution in [0.1, 0.15) is 45.1 Å². The van der Waals surface area contributed by atoms with E-state index < -0.39 is 11.4 Å². The highest BCUT2D eigenvalue weighted by Gasteiger charge is 2.32. The molecule has 0 unspecified atom stereocenters. The topological polar surface area (TPSA) is 75.6 Å². The normalized spacial score (nSPS) is 11.0. The Hall–Kier alpha value is -2.04. The molecule has 0 atom stereocenters. The summed E-state index contributed by atoms with van der Waals surface area (Å²) in [7, 11) is 1.59. The third-order valence-electron chi connectivity index (χ3n) is 3.70. The maximum atomic E-state index is 12.4. The van der Waals surface area contributed by atoms with Crippen LogP contribution in [0.3, 0.4) is 0 Å². The number of carbonyl (C=O) groups excluding carboxylic acids is 1. The molecular weight excluding hydrogens is 282 g/mol. The van der Waals surface area contributed by atoms with Gasteiger partial charge in [-0.05, 0) is 32.8 Å². The molecule has 0 radical (unpaired) electrons. The second-order valence-corrected chi connectivity index (χ2v) is 5.79. The Kier molecular flexibility index (Phi) is 6.89. The number of rotatable bonds is 9. The van der Waals surface area contributed by atoms with E-state index in [1.807, 2.05) is 38.1 Å². The van der Waals surface area contributed by atoms with Gasteiger partial charge in [-0.15, -0.1) is 0 Å². The Morgan fingerprint density at radius 2 is 1.86 bits per heavy atom. The van der Waals surface area contributed by atoms with E-state index in [0.717, 1.165) is 18.4 Å². The van der Waals surface area contributed by atoms with Gasteiger partial charge in [-0.3, -0.25) is 9.59 Å². The van der Waals surface area contributed by atoms with Crippen molar-refractivity contribution in [3.63, 3.8) is 0 Å². The van der Waals surface area contributed by atoms with Crippen LogP contribution in [0.25, 0.3) is 0 Å². The first kappa shape index (κ1) is 18.0. The molecule has 22 heavy (non-hydrogen) atoms. The molecule has 122 valence electrons. The zero-order chi connectivity index (χ0) is 16.6. The third-order valence-corrected chi connectivity index (χ3v) is 3.70. The Bertz CT molecular complexity index is 511. The van der Waals surface area contributed by atoms with E-state index in [4.69, 9.17) is 9.84 Å². The van der Waals surface area contributed by atoms with Gasteiger partial charge in [0, 0.05) is 18.5 Å². The highest BCUT2D eigenvalue weighted by atomic mass is 16.5. The van der Waals surface area contributed by atoms with E-state index in [1.54, 1.807) is 7.11 Å². The van der Waals surface area contributed by atoms with Crippen LogP contribution in [-0.2, 0) is 15.0 Å². The molecule has 0 bridgehead atoms. The van der Waals surface area contributed by atoms with Crippen molar-refractivity contribution in [2.24, 2.45) is 0 Å². The number of carboxylic acids is 1. The average Bonchev–Trinajstić information content (AvgIpc) is 2.50. The van der Waals surface area contributed by atoms with Crippen LogP contribution in [0.15, 0.2) is 24.3 Å². The Balaban J connectivity index is 2.51. The molecule has 0 aromatic heterocycles. The fraction of sp³-hybridized carbons (Fsp3) is 0.529. The summed E-state index contributed by atoms with van der Waals surface area (Å²) in [5.74, 6) is -0.138. The molecule has 0 saturated carbocycles. The highest BCUT2D eigenvalue weighted by Crippen LogP contribution is 2.31. The van der Waals surface area contributed by atoms with Gasteiger partial charge < -0.3 is 15.2 Å². The van der Waals surface area contributed by atoms with E-state index in [0.29, 0.717) is 18.7 Å². The fourth-order valence-electron chi connectivity index (χ4n) is 2.28. The van der Waals surface area contributed by atoms with E-state index in [1.165, 1.54) is 0 Å². The van der Waals surface area contributed by atoms with Gasteiger partial charge in [-0.25, -0.2) is 0 Å². The molecular formula is C17H25NO4. The van der Waals surface area contributed by atoms with Gasteiger partial charge in [0.1, 0.15) is 5.75 Å². The zero-order valence-electron chi connectivity index (χ0n) is 13.5. The van der Waals surface area contributed by atoms with E-state index >= 15 is 0 Å². The number of para-hydroxylation sites is 1. The minimum Gasteiger partial charge on any atom is -0.496 e. The molecule has 2 N–H and O–H groups in total. The minimum absolute atomic E-state index is 0.0600. The quantitative estimate of drug-likeness (QED) is 0.688. The van der Waals surface area contributed by atoms with Crippen LogP contribution in [0.4, 0.5) is 0 Å². The zero-order valence-corrected chi connectivity index (χ0v) is 13.5. The Labute approximate surface area is 131 Å². The van der Waals surface area contributed by atoms with Crippen LogP contribution in [0.5, 0.6) is 5.75 Å². The predicted molar refractivity (Wildman–Crippen MR) is 85.1 cm³/mol. The van der Waals surface area contributed by atoms with Crippen molar-refractivity contribution in [3.8, 4) is 5.75 Å². The van der Waals surface area contributed by atoms with Gasteiger partial charge in [0.05, 0.1) is 12.5 Å². The van der Waals surface area contributed by atoms with E-state index in [2.05, 4.69) is 5.32 Å². The summed E-state index contributed by atoms with van der Waals surface area (Å²) in [6.07, 6.45) is 2.39. The molecule has 0 saturated heterocycles. The van der Waals surface area contributed by atoms with Gasteiger partial charge in [0.2, 0.25) is 5.91 Å². The van der Waals surface area contributed by atoms with Gasteiger partial charge in [-0.2, -0.15) is 0 Å². The maximum absolute atomic E-state index is 12.4. The molecule has 5 heteroatoms. The lowest BCUT2D eigenvalue weighted by atomic mass is 9.83. The standard InChI is InChI=1S/C17H25NO4/c1-17(2,13-9-6-7-10-14(13)22-3)16(21)18-12-8-4-5-11-15(19)20/h6-7,9-10H,4-5,8,11-12H2,1-3H3,(H,18,21)(H,19,20). The van der Waals surface area contributed by atoms with Crippen molar-refractivity contribution >= 4 is 11.9 Å². The number of methoxy groups -OCH3 is 1. The lowest BCUT2D eigenvalue weighted by molar-refractivity contribution is -0.137. The van der Waals surface area contributed by atoms with Crippen LogP contribution in [0.2, 0.25) is 0 Å². The van der Waals surface area contributed by atoms with Gasteiger partial charge in [0.15, 0.2) is 0 Å². The summed E-state index contributed by atoms with van der Waals surface area (Å²) in [5.41, 5.74) is 0.161. The first-order chi connectivity index (χ1) is 10.4. The van der Waals surface area contributed by atoms with Crippen LogP contribution < -0.4 is 10.1 Å². The largest absolute Gasteiger partial charge is 0.496 e. The minimum atomic E-state index is -0.777.